The maximum atomic E-state index is 13.1. The third-order valence-corrected chi connectivity index (χ3v) is 7.06. The summed E-state index contributed by atoms with van der Waals surface area (Å²) in [4.78, 5) is 24.5. The molecule has 9 heteroatoms. The van der Waals surface area contributed by atoms with E-state index in [4.69, 9.17) is 0 Å². The zero-order valence-corrected chi connectivity index (χ0v) is 18.6. The maximum Gasteiger partial charge on any atom is 0.266 e. The van der Waals surface area contributed by atoms with E-state index >= 15 is 0 Å². The summed E-state index contributed by atoms with van der Waals surface area (Å²) in [7, 11) is -3.36. The third-order valence-electron chi connectivity index (χ3n) is 4.89. The lowest BCUT2D eigenvalue weighted by Crippen LogP contribution is -2.32. The van der Waals surface area contributed by atoms with Gasteiger partial charge in [0.05, 0.1) is 28.8 Å². The van der Waals surface area contributed by atoms with E-state index in [1.807, 2.05) is 0 Å². The van der Waals surface area contributed by atoms with Gasteiger partial charge >= 0.3 is 0 Å². The van der Waals surface area contributed by atoms with Crippen LogP contribution in [0.1, 0.15) is 19.4 Å². The number of carbonyl (C=O) groups excluding carboxylic acids is 1. The lowest BCUT2D eigenvalue weighted by Gasteiger charge is -2.10. The Bertz CT molecular complexity index is 1250. The summed E-state index contributed by atoms with van der Waals surface area (Å²) < 4.78 is 38.7. The molecule has 32 heavy (non-hydrogen) atoms. The van der Waals surface area contributed by atoms with Gasteiger partial charge in [0.15, 0.2) is 9.84 Å². The quantitative estimate of drug-likeness (QED) is 0.561. The Labute approximate surface area is 185 Å². The lowest BCUT2D eigenvalue weighted by atomic mass is 10.1. The predicted octanol–water partition coefficient (Wildman–Crippen LogP) is 2.59. The molecular weight excluding hydrogens is 433 g/mol. The van der Waals surface area contributed by atoms with Gasteiger partial charge in [-0.05, 0) is 61.9 Å². The van der Waals surface area contributed by atoms with E-state index in [0.717, 1.165) is 0 Å². The number of nitrogens with zero attached hydrogens (tertiary/aromatic N) is 2. The SMILES string of the molecule is CC(C)S(=O)(=O)c1ccc(CC(=O)NCCn2nc(-c3ccc(F)cc3)ccc2=O)cc1. The van der Waals surface area contributed by atoms with Crippen molar-refractivity contribution in [3.8, 4) is 11.3 Å². The number of amides is 1. The molecule has 0 saturated heterocycles. The average Bonchev–Trinajstić information content (AvgIpc) is 2.76. The molecule has 7 nitrogen and oxygen atoms in total. The first kappa shape index (κ1) is 23.3. The Hall–Kier alpha value is -3.33. The van der Waals surface area contributed by atoms with Gasteiger partial charge in [0.25, 0.3) is 5.56 Å². The van der Waals surface area contributed by atoms with Gasteiger partial charge in [-0.1, -0.05) is 12.1 Å². The molecule has 0 spiro atoms. The fraction of sp³-hybridized carbons (Fsp3) is 0.261. The Morgan fingerprint density at radius 2 is 1.69 bits per heavy atom. The molecule has 1 N–H and O–H groups in total. The number of aromatic nitrogens is 2. The van der Waals surface area contributed by atoms with Crippen molar-refractivity contribution in [2.45, 2.75) is 37.0 Å². The highest BCUT2D eigenvalue weighted by molar-refractivity contribution is 7.92. The molecule has 3 rings (SSSR count). The predicted molar refractivity (Wildman–Crippen MR) is 119 cm³/mol. The molecule has 0 bridgehead atoms. The molecule has 0 aliphatic rings. The second kappa shape index (κ2) is 9.86. The molecule has 0 fully saturated rings. The first-order valence-electron chi connectivity index (χ1n) is 10.1. The van der Waals surface area contributed by atoms with E-state index < -0.39 is 15.1 Å². The van der Waals surface area contributed by atoms with E-state index in [0.29, 0.717) is 16.8 Å². The summed E-state index contributed by atoms with van der Waals surface area (Å²) in [6.07, 6.45) is 0.0833. The third kappa shape index (κ3) is 5.67. The summed E-state index contributed by atoms with van der Waals surface area (Å²) >= 11 is 0. The van der Waals surface area contributed by atoms with Gasteiger partial charge in [0.1, 0.15) is 5.82 Å². The Kier molecular flexibility index (Phi) is 7.19. The molecule has 1 amide bonds. The number of hydrogen-bond acceptors (Lipinski definition) is 5. The normalized spacial score (nSPS) is 11.5. The van der Waals surface area contributed by atoms with E-state index in [9.17, 15) is 22.4 Å². The van der Waals surface area contributed by atoms with Crippen molar-refractivity contribution in [2.75, 3.05) is 6.54 Å². The molecule has 0 aliphatic carbocycles. The van der Waals surface area contributed by atoms with E-state index in [-0.39, 0.29) is 41.7 Å². The Balaban J connectivity index is 1.57. The molecule has 168 valence electrons. The monoisotopic (exact) mass is 457 g/mol. The van der Waals surface area contributed by atoms with E-state index in [1.54, 1.807) is 44.2 Å². The van der Waals surface area contributed by atoms with Crippen molar-refractivity contribution in [3.63, 3.8) is 0 Å². The van der Waals surface area contributed by atoms with Crippen LogP contribution >= 0.6 is 0 Å². The van der Waals surface area contributed by atoms with Crippen LogP contribution in [-0.2, 0) is 27.6 Å². The van der Waals surface area contributed by atoms with Crippen LogP contribution in [0.15, 0.2) is 70.4 Å². The standard InChI is InChI=1S/C23H24FN3O4S/c1-16(2)32(30,31)20-9-3-17(4-10-20)15-22(28)25-13-14-27-23(29)12-11-21(26-27)18-5-7-19(24)8-6-18/h3-12,16H,13-15H2,1-2H3,(H,25,28). The number of halogens is 1. The first-order valence-corrected chi connectivity index (χ1v) is 11.6. The van der Waals surface area contributed by atoms with E-state index in [2.05, 4.69) is 10.4 Å². The van der Waals surface area contributed by atoms with Crippen molar-refractivity contribution in [1.29, 1.82) is 0 Å². The van der Waals surface area contributed by atoms with Gasteiger partial charge in [0.2, 0.25) is 5.91 Å². The summed E-state index contributed by atoms with van der Waals surface area (Å²) in [5, 5.41) is 6.49. The summed E-state index contributed by atoms with van der Waals surface area (Å²) in [5.74, 6) is -0.617. The number of benzene rings is 2. The van der Waals surface area contributed by atoms with Crippen LogP contribution in [0.2, 0.25) is 0 Å². The van der Waals surface area contributed by atoms with Gasteiger partial charge < -0.3 is 5.32 Å². The molecule has 1 aromatic heterocycles. The molecule has 0 aliphatic heterocycles. The molecule has 0 radical (unpaired) electrons. The second-order valence-corrected chi connectivity index (χ2v) is 10.1. The number of sulfone groups is 1. The highest BCUT2D eigenvalue weighted by Crippen LogP contribution is 2.17. The van der Waals surface area contributed by atoms with Crippen molar-refractivity contribution in [3.05, 3.63) is 82.4 Å². The number of hydrogen-bond donors (Lipinski definition) is 1. The summed E-state index contributed by atoms with van der Waals surface area (Å²) in [6.45, 7) is 3.60. The molecule has 2 aromatic carbocycles. The smallest absolute Gasteiger partial charge is 0.266 e. The number of rotatable bonds is 8. The minimum absolute atomic E-state index is 0.0833. The van der Waals surface area contributed by atoms with Crippen LogP contribution in [0.25, 0.3) is 11.3 Å². The van der Waals surface area contributed by atoms with Crippen LogP contribution < -0.4 is 10.9 Å². The van der Waals surface area contributed by atoms with Gasteiger partial charge in [-0.2, -0.15) is 5.10 Å². The first-order chi connectivity index (χ1) is 15.2. The van der Waals surface area contributed by atoms with Crippen molar-refractivity contribution < 1.29 is 17.6 Å². The van der Waals surface area contributed by atoms with Crippen molar-refractivity contribution in [2.24, 2.45) is 0 Å². The van der Waals surface area contributed by atoms with Crippen LogP contribution in [0.5, 0.6) is 0 Å². The van der Waals surface area contributed by atoms with Gasteiger partial charge in [-0.3, -0.25) is 9.59 Å². The van der Waals surface area contributed by atoms with Gasteiger partial charge in [-0.15, -0.1) is 0 Å². The summed E-state index contributed by atoms with van der Waals surface area (Å²) in [5.41, 5.74) is 1.56. The fourth-order valence-corrected chi connectivity index (χ4v) is 4.06. The fourth-order valence-electron chi connectivity index (χ4n) is 3.00. The molecule has 0 atom stereocenters. The van der Waals surface area contributed by atoms with Gasteiger partial charge in [-0.25, -0.2) is 17.5 Å². The highest BCUT2D eigenvalue weighted by atomic mass is 32.2. The van der Waals surface area contributed by atoms with Crippen LogP contribution in [0.4, 0.5) is 4.39 Å². The Morgan fingerprint density at radius 3 is 2.31 bits per heavy atom. The van der Waals surface area contributed by atoms with Crippen LogP contribution in [-0.4, -0.2) is 35.9 Å². The largest absolute Gasteiger partial charge is 0.354 e. The molecule has 0 saturated carbocycles. The zero-order valence-electron chi connectivity index (χ0n) is 17.8. The highest BCUT2D eigenvalue weighted by Gasteiger charge is 2.18. The van der Waals surface area contributed by atoms with Crippen molar-refractivity contribution in [1.82, 2.24) is 15.1 Å². The number of nitrogens with one attached hydrogen (secondary N) is 1. The van der Waals surface area contributed by atoms with Gasteiger partial charge in [0, 0.05) is 18.2 Å². The molecule has 1 heterocycles. The maximum absolute atomic E-state index is 13.1. The van der Waals surface area contributed by atoms with Crippen molar-refractivity contribution >= 4 is 15.7 Å². The molecule has 0 unspecified atom stereocenters. The lowest BCUT2D eigenvalue weighted by molar-refractivity contribution is -0.120. The average molecular weight is 458 g/mol. The Morgan fingerprint density at radius 1 is 1.03 bits per heavy atom. The van der Waals surface area contributed by atoms with Crippen LogP contribution in [0.3, 0.4) is 0 Å². The number of carbonyl (C=O) groups is 1. The summed E-state index contributed by atoms with van der Waals surface area (Å²) in [6, 6.07) is 15.0. The van der Waals surface area contributed by atoms with Crippen LogP contribution in [0, 0.1) is 5.82 Å². The second-order valence-electron chi connectivity index (χ2n) is 7.55. The van der Waals surface area contributed by atoms with E-state index in [1.165, 1.54) is 35.0 Å². The minimum Gasteiger partial charge on any atom is -0.354 e. The zero-order chi connectivity index (χ0) is 23.3. The minimum atomic E-state index is -3.36. The molecule has 3 aromatic rings. The molecular formula is C23H24FN3O4S. The topological polar surface area (TPSA) is 98.1 Å².